The average molecular weight is 1160 g/mol. The molecule has 9 heterocycles. The average Bonchev–Trinajstić information content (AvgIpc) is 4.25. The molecule has 0 saturated carbocycles. The molecule has 402 valence electrons. The van der Waals surface area contributed by atoms with Crippen molar-refractivity contribution in [3.8, 4) is 22.3 Å². The maximum Gasteiger partial charge on any atom is 0.0736 e. The molecule has 0 radical (unpaired) electrons. The Labute approximate surface area is 503 Å². The number of hydrogen-bond acceptors (Lipinski definition) is 10. The molecule has 0 saturated heterocycles. The zero-order valence-corrected chi connectivity index (χ0v) is 49.4. The molecular weight excluding hydrogens is 1110 g/mol. The third-order valence-corrected chi connectivity index (χ3v) is 21.3. The lowest BCUT2D eigenvalue weighted by atomic mass is 10.0. The number of H-pyrrole nitrogens is 2. The SMILES string of the molecule is CN1c2ccccc2Sc2cc(C3=Cc4cc5[nH]c(cc6nc(cc7[nH]c(cc3n4)cc7-c3ccc4c(c3)Sc3ccccc3N4C)C=C6c3ccc4c(c3)Sc3ccccc3N4C)cc5-c3ccc4c(c3)Sc3ccccc3N4C)ccc21. The fourth-order valence-corrected chi connectivity index (χ4v) is 17.4. The molecule has 84 heavy (non-hydrogen) atoms. The van der Waals surface area contributed by atoms with Gasteiger partial charge < -0.3 is 29.6 Å². The second-order valence-corrected chi connectivity index (χ2v) is 26.2. The van der Waals surface area contributed by atoms with Gasteiger partial charge in [-0.3, -0.25) is 0 Å². The van der Waals surface area contributed by atoms with E-state index in [1.54, 1.807) is 0 Å². The number of aromatic amines is 2. The van der Waals surface area contributed by atoms with E-state index in [-0.39, 0.29) is 0 Å². The molecule has 0 amide bonds. The summed E-state index contributed by atoms with van der Waals surface area (Å²) in [6.45, 7) is 0. The Balaban J connectivity index is 0.883. The Morgan fingerprint density at radius 2 is 0.595 bits per heavy atom. The Hall–Kier alpha value is -9.04. The second-order valence-electron chi connectivity index (χ2n) is 21.9. The first kappa shape index (κ1) is 49.6. The van der Waals surface area contributed by atoms with E-state index in [2.05, 4.69) is 276 Å². The lowest BCUT2D eigenvalue weighted by molar-refractivity contribution is 1.11. The first-order valence-corrected chi connectivity index (χ1v) is 31.3. The van der Waals surface area contributed by atoms with Crippen LogP contribution in [0.1, 0.15) is 33.9 Å². The van der Waals surface area contributed by atoms with E-state index < -0.39 is 0 Å². The molecular formula is C72H50N8S4. The van der Waals surface area contributed by atoms with Gasteiger partial charge in [0.25, 0.3) is 0 Å². The molecule has 0 aliphatic carbocycles. The van der Waals surface area contributed by atoms with Gasteiger partial charge in [-0.15, -0.1) is 0 Å². The van der Waals surface area contributed by atoms with Crippen molar-refractivity contribution in [2.24, 2.45) is 0 Å². The topological polar surface area (TPSA) is 70.3 Å². The molecule has 12 heteroatoms. The van der Waals surface area contributed by atoms with Crippen LogP contribution in [0.5, 0.6) is 0 Å². The van der Waals surface area contributed by atoms with E-state index in [0.717, 1.165) is 89.4 Å². The molecule has 0 fully saturated rings. The molecule has 2 N–H and O–H groups in total. The standard InChI is InChI=1S/C72H50N8S4/c1-77-57-13-5-9-17-65(57)81-69-29-41(21-25-61(69)77)49-33-45-38-54-51(43-23-27-63-71(31-43)83-67-19-11-7-15-59(67)79(63)3)35-47(75-54)40-56-52(44-24-28-64-72(32-44)84-68-20-12-8-16-60(68)80(64)4)36-48(76-56)39-55-50(34-46(74-55)37-53(49)73-45)42-22-26-62-70(30-42)82-66-18-10-6-14-58(66)78(62)2/h5-40,73,76H,1-4H3. The molecule has 0 spiro atoms. The fraction of sp³-hybridized carbons (Fsp3) is 0.0556. The van der Waals surface area contributed by atoms with Gasteiger partial charge in [0.15, 0.2) is 0 Å². The zero-order chi connectivity index (χ0) is 55.9. The molecule has 0 atom stereocenters. The fourth-order valence-electron chi connectivity index (χ4n) is 12.6. The molecule has 17 rings (SSSR count). The summed E-state index contributed by atoms with van der Waals surface area (Å²) >= 11 is 7.30. The lowest BCUT2D eigenvalue weighted by Crippen LogP contribution is -2.14. The monoisotopic (exact) mass is 1150 g/mol. The summed E-state index contributed by atoms with van der Waals surface area (Å²) in [7, 11) is 8.65. The highest BCUT2D eigenvalue weighted by Gasteiger charge is 2.28. The largest absolute Gasteiger partial charge is 0.355 e. The van der Waals surface area contributed by atoms with E-state index >= 15 is 0 Å². The van der Waals surface area contributed by atoms with E-state index in [1.807, 2.05) is 47.0 Å². The number of fused-ring (bicyclic) bond motifs is 16. The number of para-hydroxylation sites is 4. The van der Waals surface area contributed by atoms with E-state index in [9.17, 15) is 0 Å². The van der Waals surface area contributed by atoms with Crippen molar-refractivity contribution in [1.82, 2.24) is 19.9 Å². The van der Waals surface area contributed by atoms with Crippen LogP contribution in [0.4, 0.5) is 45.5 Å². The molecule has 8 aromatic carbocycles. The van der Waals surface area contributed by atoms with Gasteiger partial charge in [-0.05, 0) is 168 Å². The third-order valence-electron chi connectivity index (χ3n) is 16.9. The van der Waals surface area contributed by atoms with Crippen molar-refractivity contribution >= 4 is 138 Å². The Morgan fingerprint density at radius 1 is 0.298 bits per heavy atom. The van der Waals surface area contributed by atoms with Gasteiger partial charge in [-0.1, -0.05) is 120 Å². The highest BCUT2D eigenvalue weighted by molar-refractivity contribution is 8.00. The summed E-state index contributed by atoms with van der Waals surface area (Å²) in [5.41, 5.74) is 25.6. The van der Waals surface area contributed by atoms with Crippen molar-refractivity contribution in [2.75, 3.05) is 47.8 Å². The lowest BCUT2D eigenvalue weighted by Gasteiger charge is -2.29. The van der Waals surface area contributed by atoms with Gasteiger partial charge in [-0.25, -0.2) is 9.97 Å². The molecule has 11 aromatic rings. The van der Waals surface area contributed by atoms with Crippen LogP contribution >= 0.6 is 47.0 Å². The quantitative estimate of drug-likeness (QED) is 0.178. The number of hydrogen-bond donors (Lipinski definition) is 2. The zero-order valence-electron chi connectivity index (χ0n) is 46.1. The maximum absolute atomic E-state index is 5.57. The Morgan fingerprint density at radius 3 is 0.940 bits per heavy atom. The van der Waals surface area contributed by atoms with Gasteiger partial charge in [0.1, 0.15) is 0 Å². The molecule has 8 bridgehead atoms. The normalized spacial score (nSPS) is 14.3. The van der Waals surface area contributed by atoms with Crippen LogP contribution < -0.4 is 19.6 Å². The maximum atomic E-state index is 5.57. The number of aromatic nitrogens is 4. The van der Waals surface area contributed by atoms with Crippen molar-refractivity contribution < 1.29 is 0 Å². The smallest absolute Gasteiger partial charge is 0.0736 e. The van der Waals surface area contributed by atoms with Gasteiger partial charge in [-0.2, -0.15) is 0 Å². The summed E-state index contributed by atoms with van der Waals surface area (Å²) in [5.74, 6) is 0. The minimum atomic E-state index is 0.856. The first-order valence-electron chi connectivity index (χ1n) is 28.0. The van der Waals surface area contributed by atoms with Crippen molar-refractivity contribution in [3.63, 3.8) is 0 Å². The predicted octanol–water partition coefficient (Wildman–Crippen LogP) is 19.8. The molecule has 8 nitrogen and oxygen atoms in total. The predicted molar refractivity (Wildman–Crippen MR) is 353 cm³/mol. The van der Waals surface area contributed by atoms with Crippen LogP contribution in [-0.4, -0.2) is 48.1 Å². The number of nitrogens with one attached hydrogen (secondary N) is 2. The first-order chi connectivity index (χ1) is 41.2. The van der Waals surface area contributed by atoms with Crippen molar-refractivity contribution in [1.29, 1.82) is 0 Å². The van der Waals surface area contributed by atoms with Crippen molar-refractivity contribution in [2.45, 2.75) is 39.2 Å². The van der Waals surface area contributed by atoms with Gasteiger partial charge in [0.2, 0.25) is 0 Å². The van der Waals surface area contributed by atoms with Gasteiger partial charge in [0, 0.05) is 112 Å². The Kier molecular flexibility index (Phi) is 11.4. The van der Waals surface area contributed by atoms with Crippen LogP contribution in [0.25, 0.3) is 67.6 Å². The summed E-state index contributed by atoms with van der Waals surface area (Å²) in [5, 5.41) is 0. The number of benzene rings is 8. The summed E-state index contributed by atoms with van der Waals surface area (Å²) in [6, 6.07) is 75.6. The number of anilines is 8. The molecule has 6 aliphatic heterocycles. The van der Waals surface area contributed by atoms with E-state index in [0.29, 0.717) is 0 Å². The number of nitrogens with zero attached hydrogens (tertiary/aromatic N) is 6. The van der Waals surface area contributed by atoms with Gasteiger partial charge >= 0.3 is 0 Å². The summed E-state index contributed by atoms with van der Waals surface area (Å²) < 4.78 is 0. The molecule has 3 aromatic heterocycles. The minimum Gasteiger partial charge on any atom is -0.355 e. The number of rotatable bonds is 4. The summed E-state index contributed by atoms with van der Waals surface area (Å²) in [4.78, 5) is 38.0. The van der Waals surface area contributed by atoms with Crippen molar-refractivity contribution in [3.05, 3.63) is 240 Å². The van der Waals surface area contributed by atoms with Gasteiger partial charge in [0.05, 0.1) is 68.3 Å². The Bertz CT molecular complexity index is 4610. The minimum absolute atomic E-state index is 0.856. The highest BCUT2D eigenvalue weighted by Crippen LogP contribution is 2.53. The van der Waals surface area contributed by atoms with Crippen LogP contribution in [0.2, 0.25) is 0 Å². The molecule has 6 aliphatic rings. The molecule has 0 unspecified atom stereocenters. The van der Waals surface area contributed by atoms with Crippen LogP contribution in [0.3, 0.4) is 0 Å². The van der Waals surface area contributed by atoms with Crippen LogP contribution in [0, 0.1) is 0 Å². The van der Waals surface area contributed by atoms with E-state index in [4.69, 9.17) is 9.97 Å². The van der Waals surface area contributed by atoms with E-state index in [1.165, 1.54) is 84.7 Å². The van der Waals surface area contributed by atoms with Crippen LogP contribution in [-0.2, 0) is 0 Å². The van der Waals surface area contributed by atoms with Crippen LogP contribution in [0.15, 0.2) is 245 Å². The second kappa shape index (κ2) is 19.3. The summed E-state index contributed by atoms with van der Waals surface area (Å²) in [6.07, 6.45) is 4.52. The highest BCUT2D eigenvalue weighted by atomic mass is 32.2. The third kappa shape index (κ3) is 8.18.